The topological polar surface area (TPSA) is 129 Å². The monoisotopic (exact) mass is 327 g/mol. The molecule has 1 N–H and O–H groups in total. The van der Waals surface area contributed by atoms with Crippen molar-refractivity contribution in [2.45, 2.75) is 19.8 Å². The molecule has 0 saturated heterocycles. The summed E-state index contributed by atoms with van der Waals surface area (Å²) < 4.78 is 14.4. The van der Waals surface area contributed by atoms with Gasteiger partial charge in [0.1, 0.15) is 23.4 Å². The highest BCUT2D eigenvalue weighted by Crippen LogP contribution is 2.29. The molecule has 1 rings (SSSR count). The Bertz CT molecular complexity index is 600. The molecule has 1 aromatic rings. The van der Waals surface area contributed by atoms with Gasteiger partial charge in [-0.05, 0) is 26.0 Å². The highest BCUT2D eigenvalue weighted by molar-refractivity contribution is 6.37. The van der Waals surface area contributed by atoms with Crippen molar-refractivity contribution in [2.75, 3.05) is 13.7 Å². The number of rotatable bonds is 7. The molecule has 0 amide bonds. The van der Waals surface area contributed by atoms with Crippen LogP contribution in [0.25, 0.3) is 0 Å². The highest BCUT2D eigenvalue weighted by Gasteiger charge is 2.48. The minimum Gasteiger partial charge on any atom is -0.468 e. The summed E-state index contributed by atoms with van der Waals surface area (Å²) in [4.78, 5) is 35.1. The van der Waals surface area contributed by atoms with Crippen molar-refractivity contribution in [3.63, 3.8) is 0 Å². The van der Waals surface area contributed by atoms with Gasteiger partial charge in [-0.1, -0.05) is 0 Å². The highest BCUT2D eigenvalue weighted by atomic mass is 16.8. The summed E-state index contributed by atoms with van der Waals surface area (Å²) >= 11 is 0. The molecule has 0 fully saturated rings. The quantitative estimate of drug-likeness (QED) is 0.193. The number of ether oxygens (including phenoxy) is 2. The third kappa shape index (κ3) is 4.09. The minimum atomic E-state index is -1.56. The maximum atomic E-state index is 12.1. The summed E-state index contributed by atoms with van der Waals surface area (Å²) in [5, 5.41) is 20.7. The Kier molecular flexibility index (Phi) is 6.31. The van der Waals surface area contributed by atoms with E-state index in [0.717, 1.165) is 14.0 Å². The predicted molar refractivity (Wildman–Crippen MR) is 74.7 cm³/mol. The lowest BCUT2D eigenvalue weighted by Gasteiger charge is -2.19. The summed E-state index contributed by atoms with van der Waals surface area (Å²) in [7, 11) is 0.984. The number of hydrogen-bond donors (Lipinski definition) is 1. The summed E-state index contributed by atoms with van der Waals surface area (Å²) in [6, 6.07) is 2.79. The SMILES string of the molecule is CCOC(=O)C(C(C)=O)C(C(C(=O)OC)=[N+]([O-])O)c1ccco1. The summed E-state index contributed by atoms with van der Waals surface area (Å²) in [5.41, 5.74) is -0.865. The third-order valence-corrected chi connectivity index (χ3v) is 3.06. The average Bonchev–Trinajstić information content (AvgIpc) is 2.99. The molecular weight excluding hydrogens is 310 g/mol. The number of Topliss-reactive ketones (excluding diaryl/α,β-unsaturated/α-hetero) is 1. The van der Waals surface area contributed by atoms with Crippen LogP contribution in [-0.4, -0.2) is 47.3 Å². The van der Waals surface area contributed by atoms with Crippen LogP contribution in [0.15, 0.2) is 22.8 Å². The van der Waals surface area contributed by atoms with Gasteiger partial charge in [0.05, 0.1) is 20.0 Å². The predicted octanol–water partition coefficient (Wildman–Crippen LogP) is 0.645. The molecule has 1 aromatic heterocycles. The Morgan fingerprint density at radius 1 is 1.43 bits per heavy atom. The van der Waals surface area contributed by atoms with Crippen LogP contribution in [0.2, 0.25) is 0 Å². The number of carbonyl (C=O) groups is 3. The molecule has 1 heterocycles. The second kappa shape index (κ2) is 7.97. The molecule has 0 aliphatic heterocycles. The maximum Gasteiger partial charge on any atom is 0.405 e. The van der Waals surface area contributed by atoms with E-state index in [0.29, 0.717) is 0 Å². The molecular formula is C14H17NO8. The first-order valence-corrected chi connectivity index (χ1v) is 6.66. The summed E-state index contributed by atoms with van der Waals surface area (Å²) in [6.45, 7) is 2.62. The lowest BCUT2D eigenvalue weighted by molar-refractivity contribution is -0.726. The molecule has 2 atom stereocenters. The van der Waals surface area contributed by atoms with Gasteiger partial charge in [-0.2, -0.15) is 0 Å². The molecule has 126 valence electrons. The van der Waals surface area contributed by atoms with Gasteiger partial charge in [0, 0.05) is 4.90 Å². The molecule has 0 radical (unpaired) electrons. The van der Waals surface area contributed by atoms with Gasteiger partial charge in [0.2, 0.25) is 0 Å². The summed E-state index contributed by atoms with van der Waals surface area (Å²) in [5.74, 6) is -5.93. The average molecular weight is 327 g/mol. The lowest BCUT2D eigenvalue weighted by atomic mass is 9.83. The van der Waals surface area contributed by atoms with Crippen LogP contribution in [0.5, 0.6) is 0 Å². The zero-order valence-corrected chi connectivity index (χ0v) is 12.8. The number of hydrogen-bond acceptors (Lipinski definition) is 8. The van der Waals surface area contributed by atoms with E-state index in [-0.39, 0.29) is 12.4 Å². The van der Waals surface area contributed by atoms with Gasteiger partial charge in [-0.15, -0.1) is 0 Å². The van der Waals surface area contributed by atoms with Gasteiger partial charge < -0.3 is 19.1 Å². The summed E-state index contributed by atoms with van der Waals surface area (Å²) in [6.07, 6.45) is 1.23. The van der Waals surface area contributed by atoms with Crippen LogP contribution < -0.4 is 0 Å². The van der Waals surface area contributed by atoms with E-state index in [4.69, 9.17) is 9.15 Å². The van der Waals surface area contributed by atoms with Gasteiger partial charge >= 0.3 is 17.7 Å². The van der Waals surface area contributed by atoms with E-state index in [2.05, 4.69) is 4.74 Å². The molecule has 0 saturated carbocycles. The number of ketones is 1. The van der Waals surface area contributed by atoms with Crippen molar-refractivity contribution < 1.29 is 38.4 Å². The fraction of sp³-hybridized carbons (Fsp3) is 0.429. The first-order valence-electron chi connectivity index (χ1n) is 6.66. The van der Waals surface area contributed by atoms with E-state index in [1.807, 2.05) is 0 Å². The van der Waals surface area contributed by atoms with Gasteiger partial charge in [0.15, 0.2) is 0 Å². The van der Waals surface area contributed by atoms with Crippen LogP contribution in [0.4, 0.5) is 0 Å². The van der Waals surface area contributed by atoms with Crippen molar-refractivity contribution in [1.29, 1.82) is 0 Å². The van der Waals surface area contributed by atoms with Gasteiger partial charge in [0.25, 0.3) is 0 Å². The molecule has 0 aliphatic carbocycles. The van der Waals surface area contributed by atoms with Crippen LogP contribution in [0.3, 0.4) is 0 Å². The Hall–Kier alpha value is -2.84. The normalized spacial score (nSPS) is 14.4. The van der Waals surface area contributed by atoms with E-state index in [9.17, 15) is 24.8 Å². The zero-order chi connectivity index (χ0) is 17.6. The minimum absolute atomic E-state index is 0.0126. The van der Waals surface area contributed by atoms with E-state index in [1.165, 1.54) is 25.3 Å². The number of carbonyl (C=O) groups excluding carboxylic acids is 3. The van der Waals surface area contributed by atoms with Crippen LogP contribution in [-0.2, 0) is 23.9 Å². The fourth-order valence-corrected chi connectivity index (χ4v) is 2.12. The zero-order valence-electron chi connectivity index (χ0n) is 12.8. The molecule has 0 aliphatic rings. The first kappa shape index (κ1) is 18.2. The van der Waals surface area contributed by atoms with Crippen LogP contribution in [0.1, 0.15) is 25.5 Å². The van der Waals surface area contributed by atoms with Crippen molar-refractivity contribution in [2.24, 2.45) is 5.92 Å². The molecule has 9 heteroatoms. The van der Waals surface area contributed by atoms with Crippen molar-refractivity contribution in [3.05, 3.63) is 29.4 Å². The largest absolute Gasteiger partial charge is 0.468 e. The Morgan fingerprint density at radius 2 is 2.09 bits per heavy atom. The molecule has 9 nitrogen and oxygen atoms in total. The van der Waals surface area contributed by atoms with Crippen molar-refractivity contribution >= 4 is 23.4 Å². The van der Waals surface area contributed by atoms with Crippen LogP contribution in [0, 0.1) is 11.1 Å². The number of furan rings is 1. The number of methoxy groups -OCH3 is 1. The second-order valence-corrected chi connectivity index (χ2v) is 4.48. The molecule has 0 spiro atoms. The second-order valence-electron chi connectivity index (χ2n) is 4.48. The first-order chi connectivity index (χ1) is 10.8. The Labute approximate surface area is 131 Å². The third-order valence-electron chi connectivity index (χ3n) is 3.06. The van der Waals surface area contributed by atoms with Crippen molar-refractivity contribution in [1.82, 2.24) is 0 Å². The molecule has 0 aromatic carbocycles. The lowest BCUT2D eigenvalue weighted by Crippen LogP contribution is -2.40. The van der Waals surface area contributed by atoms with E-state index in [1.54, 1.807) is 0 Å². The van der Waals surface area contributed by atoms with Crippen LogP contribution >= 0.6 is 0 Å². The Balaban J connectivity index is 3.51. The van der Waals surface area contributed by atoms with Gasteiger partial charge in [-0.3, -0.25) is 14.8 Å². The van der Waals surface area contributed by atoms with Crippen molar-refractivity contribution in [3.8, 4) is 0 Å². The van der Waals surface area contributed by atoms with E-state index < -0.39 is 40.2 Å². The number of esters is 2. The Morgan fingerprint density at radius 3 is 2.48 bits per heavy atom. The van der Waals surface area contributed by atoms with Gasteiger partial charge in [-0.25, -0.2) is 4.79 Å². The molecule has 0 bridgehead atoms. The smallest absolute Gasteiger partial charge is 0.405 e. The molecule has 2 unspecified atom stereocenters. The van der Waals surface area contributed by atoms with E-state index >= 15 is 0 Å². The number of nitrogens with zero attached hydrogens (tertiary/aromatic N) is 1. The standard InChI is InChI=1S/C14H17NO8/c1-4-22-13(17)10(8(2)16)11(9-6-5-7-23-9)12(15(19)20)14(18)21-3/h5-7,10-11H,4H2,1-3H3,(H,19,20). The molecule has 23 heavy (non-hydrogen) atoms. The maximum absolute atomic E-state index is 12.1. The fourth-order valence-electron chi connectivity index (χ4n) is 2.12.